The van der Waals surface area contributed by atoms with Gasteiger partial charge in [0.25, 0.3) is 5.91 Å². The minimum Gasteiger partial charge on any atom is -0.368 e. The van der Waals surface area contributed by atoms with E-state index in [2.05, 4.69) is 44.2 Å². The summed E-state index contributed by atoms with van der Waals surface area (Å²) in [4.78, 5) is 15.1. The fourth-order valence-electron chi connectivity index (χ4n) is 4.33. The molecule has 2 aromatic carbocycles. The van der Waals surface area contributed by atoms with Gasteiger partial charge in [0.2, 0.25) is 0 Å². The number of hydrogen-bond donors (Lipinski definition) is 0. The first kappa shape index (κ1) is 15.4. The lowest BCUT2D eigenvalue weighted by Crippen LogP contribution is -2.45. The van der Waals surface area contributed by atoms with Crippen molar-refractivity contribution in [3.63, 3.8) is 0 Å². The van der Waals surface area contributed by atoms with Crippen molar-refractivity contribution in [2.75, 3.05) is 6.61 Å². The number of amides is 1. The summed E-state index contributed by atoms with van der Waals surface area (Å²) in [5, 5.41) is 0. The highest BCUT2D eigenvalue weighted by atomic mass is 16.5. The molecule has 2 heterocycles. The largest absolute Gasteiger partial charge is 0.368 e. The van der Waals surface area contributed by atoms with Crippen LogP contribution in [0.15, 0.2) is 54.6 Å². The van der Waals surface area contributed by atoms with Crippen molar-refractivity contribution in [3.8, 4) is 0 Å². The molecule has 24 heavy (non-hydrogen) atoms. The number of hydrogen-bond acceptors (Lipinski definition) is 2. The number of carbonyl (C=O) groups is 1. The first-order chi connectivity index (χ1) is 11.6. The Kier molecular flexibility index (Phi) is 3.69. The maximum absolute atomic E-state index is 13.0. The number of rotatable bonds is 3. The van der Waals surface area contributed by atoms with Crippen molar-refractivity contribution in [1.29, 1.82) is 0 Å². The molecule has 0 aliphatic carbocycles. The van der Waals surface area contributed by atoms with Crippen molar-refractivity contribution in [2.24, 2.45) is 0 Å². The lowest BCUT2D eigenvalue weighted by Gasteiger charge is -2.42. The third-order valence-electron chi connectivity index (χ3n) is 5.31. The minimum absolute atomic E-state index is 0.0638. The highest BCUT2D eigenvalue weighted by Crippen LogP contribution is 2.53. The molecule has 3 nitrogen and oxygen atoms in total. The highest BCUT2D eigenvalue weighted by molar-refractivity contribution is 5.99. The lowest BCUT2D eigenvalue weighted by molar-refractivity contribution is -0.0677. The van der Waals surface area contributed by atoms with Crippen LogP contribution in [0.25, 0.3) is 0 Å². The number of carbonyl (C=O) groups excluding carboxylic acids is 1. The molecule has 0 bridgehead atoms. The van der Waals surface area contributed by atoms with Gasteiger partial charge in [-0.1, -0.05) is 48.5 Å². The van der Waals surface area contributed by atoms with E-state index in [0.717, 1.165) is 30.6 Å². The Morgan fingerprint density at radius 3 is 2.46 bits per heavy atom. The summed E-state index contributed by atoms with van der Waals surface area (Å²) in [6.45, 7) is 4.92. The fourth-order valence-corrected chi connectivity index (χ4v) is 4.33. The fraction of sp³-hybridized carbons (Fsp3) is 0.381. The van der Waals surface area contributed by atoms with Crippen LogP contribution in [-0.2, 0) is 10.3 Å². The Balaban J connectivity index is 1.92. The zero-order chi connectivity index (χ0) is 16.7. The van der Waals surface area contributed by atoms with Gasteiger partial charge in [0, 0.05) is 18.2 Å². The third kappa shape index (κ3) is 2.11. The van der Waals surface area contributed by atoms with Crippen molar-refractivity contribution >= 4 is 5.91 Å². The zero-order valence-electron chi connectivity index (χ0n) is 14.2. The van der Waals surface area contributed by atoms with Gasteiger partial charge in [-0.3, -0.25) is 4.79 Å². The molecule has 2 aliphatic heterocycles. The van der Waals surface area contributed by atoms with E-state index < -0.39 is 5.60 Å². The van der Waals surface area contributed by atoms with Crippen molar-refractivity contribution in [2.45, 2.75) is 44.4 Å². The molecule has 2 atom stereocenters. The normalized spacial score (nSPS) is 26.2. The quantitative estimate of drug-likeness (QED) is 0.843. The van der Waals surface area contributed by atoms with Gasteiger partial charge in [-0.15, -0.1) is 0 Å². The van der Waals surface area contributed by atoms with E-state index in [4.69, 9.17) is 4.74 Å². The van der Waals surface area contributed by atoms with E-state index in [1.165, 1.54) is 5.56 Å². The maximum Gasteiger partial charge on any atom is 0.255 e. The molecule has 2 aliphatic rings. The molecule has 0 unspecified atom stereocenters. The van der Waals surface area contributed by atoms with Gasteiger partial charge in [0.15, 0.2) is 0 Å². The van der Waals surface area contributed by atoms with E-state index >= 15 is 0 Å². The van der Waals surface area contributed by atoms with E-state index in [-0.39, 0.29) is 18.0 Å². The Morgan fingerprint density at radius 2 is 1.79 bits per heavy atom. The summed E-state index contributed by atoms with van der Waals surface area (Å²) in [5.74, 6) is 0.122. The Labute approximate surface area is 143 Å². The van der Waals surface area contributed by atoms with Gasteiger partial charge in [-0.25, -0.2) is 0 Å². The molecule has 4 rings (SSSR count). The second-order valence-corrected chi connectivity index (χ2v) is 7.00. The predicted octanol–water partition coefficient (Wildman–Crippen LogP) is 4.30. The molecule has 0 aromatic heterocycles. The smallest absolute Gasteiger partial charge is 0.255 e. The minimum atomic E-state index is -0.451. The van der Waals surface area contributed by atoms with Gasteiger partial charge < -0.3 is 9.64 Å². The predicted molar refractivity (Wildman–Crippen MR) is 93.8 cm³/mol. The molecular formula is C21H23NO2. The molecule has 2 aromatic rings. The molecule has 1 amide bonds. The molecular weight excluding hydrogens is 298 g/mol. The third-order valence-corrected chi connectivity index (χ3v) is 5.31. The summed E-state index contributed by atoms with van der Waals surface area (Å²) in [6, 6.07) is 18.5. The Bertz CT molecular complexity index is 747. The average molecular weight is 321 g/mol. The Hall–Kier alpha value is -2.13. The first-order valence-electron chi connectivity index (χ1n) is 8.76. The first-order valence-corrected chi connectivity index (χ1v) is 8.76. The van der Waals surface area contributed by atoms with Crippen LogP contribution < -0.4 is 0 Å². The van der Waals surface area contributed by atoms with Gasteiger partial charge in [0.05, 0.1) is 6.04 Å². The van der Waals surface area contributed by atoms with Crippen molar-refractivity contribution in [1.82, 2.24) is 4.90 Å². The van der Waals surface area contributed by atoms with Crippen LogP contribution in [0.2, 0.25) is 0 Å². The summed E-state index contributed by atoms with van der Waals surface area (Å²) < 4.78 is 6.40. The number of nitrogens with zero attached hydrogens (tertiary/aromatic N) is 1. The van der Waals surface area contributed by atoms with E-state index in [9.17, 15) is 4.79 Å². The van der Waals surface area contributed by atoms with Gasteiger partial charge in [-0.05, 0) is 43.9 Å². The van der Waals surface area contributed by atoms with E-state index in [1.807, 2.05) is 29.2 Å². The van der Waals surface area contributed by atoms with E-state index in [0.29, 0.717) is 0 Å². The van der Waals surface area contributed by atoms with Crippen LogP contribution in [0, 0.1) is 0 Å². The SMILES string of the molecule is CC(C)N1C(=O)c2ccccc2[C@@H]1[C@]1(c2ccccc2)CCCO1. The molecule has 1 fully saturated rings. The summed E-state index contributed by atoms with van der Waals surface area (Å²) in [7, 11) is 0. The second-order valence-electron chi connectivity index (χ2n) is 7.00. The molecule has 0 radical (unpaired) electrons. The van der Waals surface area contributed by atoms with Crippen LogP contribution in [0.3, 0.4) is 0 Å². The lowest BCUT2D eigenvalue weighted by atomic mass is 9.80. The maximum atomic E-state index is 13.0. The average Bonchev–Trinajstić information content (AvgIpc) is 3.20. The van der Waals surface area contributed by atoms with E-state index in [1.54, 1.807) is 0 Å². The number of fused-ring (bicyclic) bond motifs is 1. The van der Waals surface area contributed by atoms with Crippen LogP contribution in [0.4, 0.5) is 0 Å². The number of benzene rings is 2. The van der Waals surface area contributed by atoms with Crippen LogP contribution in [0.5, 0.6) is 0 Å². The molecule has 1 saturated heterocycles. The van der Waals surface area contributed by atoms with Crippen LogP contribution in [0.1, 0.15) is 54.2 Å². The molecule has 3 heteroatoms. The molecule has 0 saturated carbocycles. The standard InChI is InChI=1S/C21H23NO2/c1-15(2)22-19(17-11-6-7-12-18(17)20(22)23)21(13-8-14-24-21)16-9-4-3-5-10-16/h3-7,9-12,15,19H,8,13-14H2,1-2H3/t19-,21-/m1/s1. The van der Waals surface area contributed by atoms with Crippen molar-refractivity contribution in [3.05, 3.63) is 71.3 Å². The molecule has 124 valence electrons. The van der Waals surface area contributed by atoms with Crippen LogP contribution >= 0.6 is 0 Å². The van der Waals surface area contributed by atoms with Gasteiger partial charge in [-0.2, -0.15) is 0 Å². The number of ether oxygens (including phenoxy) is 1. The van der Waals surface area contributed by atoms with Crippen molar-refractivity contribution < 1.29 is 9.53 Å². The van der Waals surface area contributed by atoms with Gasteiger partial charge >= 0.3 is 0 Å². The molecule has 0 N–H and O–H groups in total. The topological polar surface area (TPSA) is 29.5 Å². The zero-order valence-corrected chi connectivity index (χ0v) is 14.2. The molecule has 0 spiro atoms. The van der Waals surface area contributed by atoms with Gasteiger partial charge in [0.1, 0.15) is 5.60 Å². The summed E-state index contributed by atoms with van der Waals surface area (Å²) in [5.41, 5.74) is 2.64. The Morgan fingerprint density at radius 1 is 1.08 bits per heavy atom. The van der Waals surface area contributed by atoms with Crippen LogP contribution in [-0.4, -0.2) is 23.5 Å². The highest BCUT2D eigenvalue weighted by Gasteiger charge is 2.53. The monoisotopic (exact) mass is 321 g/mol. The summed E-state index contributed by atoms with van der Waals surface area (Å²) >= 11 is 0. The summed E-state index contributed by atoms with van der Waals surface area (Å²) in [6.07, 6.45) is 1.96. The second kappa shape index (κ2) is 5.75.